The zero-order chi connectivity index (χ0) is 12.1. The average molecular weight is 225 g/mol. The smallest absolute Gasteiger partial charge is 0.150 e. The van der Waals surface area contributed by atoms with E-state index in [1.54, 1.807) is 6.07 Å². The van der Waals surface area contributed by atoms with Gasteiger partial charge in [0.1, 0.15) is 5.69 Å². The SMILES string of the molecule is CCC(CN)Nc1c(F)cc(C#N)cc1F. The van der Waals surface area contributed by atoms with Crippen molar-refractivity contribution in [2.75, 3.05) is 11.9 Å². The molecular weight excluding hydrogens is 212 g/mol. The lowest BCUT2D eigenvalue weighted by Gasteiger charge is -2.17. The number of rotatable bonds is 4. The van der Waals surface area contributed by atoms with Crippen LogP contribution in [0.15, 0.2) is 12.1 Å². The molecule has 0 saturated heterocycles. The average Bonchev–Trinajstić information content (AvgIpc) is 2.28. The summed E-state index contributed by atoms with van der Waals surface area (Å²) in [5, 5.41) is 11.2. The second kappa shape index (κ2) is 5.42. The summed E-state index contributed by atoms with van der Waals surface area (Å²) in [5.41, 5.74) is 5.16. The Morgan fingerprint density at radius 1 is 1.44 bits per heavy atom. The van der Waals surface area contributed by atoms with Gasteiger partial charge in [-0.15, -0.1) is 0 Å². The minimum Gasteiger partial charge on any atom is -0.376 e. The highest BCUT2D eigenvalue weighted by Crippen LogP contribution is 2.21. The Kier molecular flexibility index (Phi) is 4.20. The topological polar surface area (TPSA) is 61.8 Å². The van der Waals surface area contributed by atoms with Crippen LogP contribution in [0.4, 0.5) is 14.5 Å². The van der Waals surface area contributed by atoms with Gasteiger partial charge in [0.2, 0.25) is 0 Å². The van der Waals surface area contributed by atoms with Gasteiger partial charge in [-0.25, -0.2) is 8.78 Å². The molecule has 1 atom stereocenters. The molecular formula is C11H13F2N3. The van der Waals surface area contributed by atoms with Gasteiger partial charge < -0.3 is 11.1 Å². The van der Waals surface area contributed by atoms with Gasteiger partial charge in [0, 0.05) is 12.6 Å². The Morgan fingerprint density at radius 2 is 2.00 bits per heavy atom. The van der Waals surface area contributed by atoms with Gasteiger partial charge in [0.05, 0.1) is 11.6 Å². The molecule has 0 amide bonds. The molecule has 1 unspecified atom stereocenters. The first-order chi connectivity index (χ1) is 7.62. The summed E-state index contributed by atoms with van der Waals surface area (Å²) in [4.78, 5) is 0. The molecule has 3 nitrogen and oxygen atoms in total. The quantitative estimate of drug-likeness (QED) is 0.823. The van der Waals surface area contributed by atoms with Crippen LogP contribution in [0.1, 0.15) is 18.9 Å². The maximum absolute atomic E-state index is 13.4. The monoisotopic (exact) mass is 225 g/mol. The lowest BCUT2D eigenvalue weighted by Crippen LogP contribution is -2.28. The second-order valence-electron chi connectivity index (χ2n) is 3.41. The largest absolute Gasteiger partial charge is 0.376 e. The predicted molar refractivity (Wildman–Crippen MR) is 57.8 cm³/mol. The van der Waals surface area contributed by atoms with E-state index < -0.39 is 11.6 Å². The van der Waals surface area contributed by atoms with Crippen molar-refractivity contribution in [3.05, 3.63) is 29.3 Å². The molecule has 0 aliphatic rings. The Morgan fingerprint density at radius 3 is 2.38 bits per heavy atom. The molecule has 0 fully saturated rings. The summed E-state index contributed by atoms with van der Waals surface area (Å²) >= 11 is 0. The van der Waals surface area contributed by atoms with Crippen LogP contribution >= 0.6 is 0 Å². The first kappa shape index (κ1) is 12.4. The highest BCUT2D eigenvalue weighted by Gasteiger charge is 2.14. The Labute approximate surface area is 92.9 Å². The number of hydrogen-bond donors (Lipinski definition) is 2. The third-order valence-electron chi connectivity index (χ3n) is 2.30. The van der Waals surface area contributed by atoms with E-state index >= 15 is 0 Å². The summed E-state index contributed by atoms with van der Waals surface area (Å²) in [6.07, 6.45) is 0.662. The van der Waals surface area contributed by atoms with Crippen molar-refractivity contribution in [1.82, 2.24) is 0 Å². The van der Waals surface area contributed by atoms with Gasteiger partial charge >= 0.3 is 0 Å². The minimum atomic E-state index is -0.775. The first-order valence-corrected chi connectivity index (χ1v) is 4.98. The summed E-state index contributed by atoms with van der Waals surface area (Å²) in [6.45, 7) is 2.15. The maximum Gasteiger partial charge on any atom is 0.150 e. The van der Waals surface area contributed by atoms with Gasteiger partial charge in [0.25, 0.3) is 0 Å². The maximum atomic E-state index is 13.4. The van der Waals surface area contributed by atoms with E-state index in [0.717, 1.165) is 12.1 Å². The molecule has 0 bridgehead atoms. The second-order valence-corrected chi connectivity index (χ2v) is 3.41. The van der Waals surface area contributed by atoms with Crippen LogP contribution in [0.2, 0.25) is 0 Å². The van der Waals surface area contributed by atoms with Gasteiger partial charge in [-0.1, -0.05) is 6.92 Å². The highest BCUT2D eigenvalue weighted by atomic mass is 19.1. The number of anilines is 1. The lowest BCUT2D eigenvalue weighted by molar-refractivity contribution is 0.578. The van der Waals surface area contributed by atoms with Gasteiger partial charge in [0.15, 0.2) is 11.6 Å². The van der Waals surface area contributed by atoms with Crippen molar-refractivity contribution in [3.8, 4) is 6.07 Å². The molecule has 86 valence electrons. The first-order valence-electron chi connectivity index (χ1n) is 4.98. The molecule has 0 heterocycles. The standard InChI is InChI=1S/C11H13F2N3/c1-2-8(6-15)16-11-9(12)3-7(5-14)4-10(11)13/h3-4,8,16H,2,6,15H2,1H3. The van der Waals surface area contributed by atoms with E-state index in [9.17, 15) is 8.78 Å². The van der Waals surface area contributed by atoms with Crippen LogP contribution in [-0.4, -0.2) is 12.6 Å². The molecule has 0 radical (unpaired) electrons. The summed E-state index contributed by atoms with van der Waals surface area (Å²) < 4.78 is 26.9. The van der Waals surface area contributed by atoms with Crippen LogP contribution in [0.25, 0.3) is 0 Å². The summed E-state index contributed by atoms with van der Waals surface area (Å²) in [6, 6.07) is 3.49. The number of benzene rings is 1. The van der Waals surface area contributed by atoms with Gasteiger partial charge in [-0.05, 0) is 18.6 Å². The fraction of sp³-hybridized carbons (Fsp3) is 0.364. The van der Waals surface area contributed by atoms with Crippen LogP contribution in [0, 0.1) is 23.0 Å². The lowest BCUT2D eigenvalue weighted by atomic mass is 10.1. The number of halogens is 2. The van der Waals surface area contributed by atoms with Crippen molar-refractivity contribution in [3.63, 3.8) is 0 Å². The Balaban J connectivity index is 3.01. The fourth-order valence-electron chi connectivity index (χ4n) is 1.31. The zero-order valence-electron chi connectivity index (χ0n) is 8.93. The molecule has 3 N–H and O–H groups in total. The molecule has 16 heavy (non-hydrogen) atoms. The van der Waals surface area contributed by atoms with Crippen molar-refractivity contribution >= 4 is 5.69 Å². The normalized spacial score (nSPS) is 11.9. The van der Waals surface area contributed by atoms with E-state index in [1.807, 2.05) is 6.92 Å². The predicted octanol–water partition coefficient (Wildman–Crippen LogP) is 1.99. The molecule has 1 aromatic carbocycles. The zero-order valence-corrected chi connectivity index (χ0v) is 8.93. The summed E-state index contributed by atoms with van der Waals surface area (Å²) in [7, 11) is 0. The Bertz CT molecular complexity index is 385. The van der Waals surface area contributed by atoms with E-state index in [1.165, 1.54) is 0 Å². The number of nitriles is 1. The van der Waals surface area contributed by atoms with Crippen molar-refractivity contribution in [2.24, 2.45) is 5.73 Å². The van der Waals surface area contributed by atoms with Crippen LogP contribution in [-0.2, 0) is 0 Å². The van der Waals surface area contributed by atoms with E-state index in [0.29, 0.717) is 6.42 Å². The molecule has 1 rings (SSSR count). The number of nitrogens with zero attached hydrogens (tertiary/aromatic N) is 1. The third kappa shape index (κ3) is 2.67. The van der Waals surface area contributed by atoms with Gasteiger partial charge in [-0.3, -0.25) is 0 Å². The van der Waals surface area contributed by atoms with E-state index in [2.05, 4.69) is 5.32 Å². The fourth-order valence-corrected chi connectivity index (χ4v) is 1.31. The van der Waals surface area contributed by atoms with Crippen LogP contribution in [0.3, 0.4) is 0 Å². The van der Waals surface area contributed by atoms with Crippen molar-refractivity contribution in [1.29, 1.82) is 5.26 Å². The van der Waals surface area contributed by atoms with Crippen molar-refractivity contribution < 1.29 is 8.78 Å². The minimum absolute atomic E-state index is 0.0404. The molecule has 1 aromatic rings. The highest BCUT2D eigenvalue weighted by molar-refractivity contribution is 5.51. The van der Waals surface area contributed by atoms with Crippen molar-refractivity contribution in [2.45, 2.75) is 19.4 Å². The molecule has 0 spiro atoms. The number of nitrogens with two attached hydrogens (primary N) is 1. The van der Waals surface area contributed by atoms with E-state index in [-0.39, 0.29) is 23.8 Å². The Hall–Kier alpha value is -1.67. The molecule has 0 aromatic heterocycles. The third-order valence-corrected chi connectivity index (χ3v) is 2.30. The number of hydrogen-bond acceptors (Lipinski definition) is 3. The van der Waals surface area contributed by atoms with Crippen LogP contribution in [0.5, 0.6) is 0 Å². The summed E-state index contributed by atoms with van der Waals surface area (Å²) in [5.74, 6) is -1.55. The molecule has 5 heteroatoms. The van der Waals surface area contributed by atoms with E-state index in [4.69, 9.17) is 11.0 Å². The number of nitrogens with one attached hydrogen (secondary N) is 1. The van der Waals surface area contributed by atoms with Crippen LogP contribution < -0.4 is 11.1 Å². The molecule has 0 aliphatic heterocycles. The van der Waals surface area contributed by atoms with Gasteiger partial charge in [-0.2, -0.15) is 5.26 Å². The molecule has 0 aliphatic carbocycles. The molecule has 0 saturated carbocycles.